The molecule has 0 fully saturated rings. The first-order chi connectivity index (χ1) is 9.60. The van der Waals surface area contributed by atoms with Gasteiger partial charge in [0.1, 0.15) is 0 Å². The van der Waals surface area contributed by atoms with Crippen molar-refractivity contribution in [3.05, 3.63) is 65.2 Å². The van der Waals surface area contributed by atoms with E-state index in [-0.39, 0.29) is 0 Å². The zero-order chi connectivity index (χ0) is 14.5. The van der Waals surface area contributed by atoms with E-state index in [4.69, 9.17) is 0 Å². The standard InChI is InChI=1S/C17H17NO2/c1-3-13-6-8-14(9-7-13)16(19)17(20)18-15-10-4-12(2)5-11-15/h4-11H,3H2,1-2H3,(H,18,20). The molecular weight excluding hydrogens is 250 g/mol. The summed E-state index contributed by atoms with van der Waals surface area (Å²) in [4.78, 5) is 23.9. The predicted octanol–water partition coefficient (Wildman–Crippen LogP) is 3.38. The first-order valence-corrected chi connectivity index (χ1v) is 6.61. The molecule has 0 saturated heterocycles. The fourth-order valence-corrected chi connectivity index (χ4v) is 1.85. The molecule has 0 saturated carbocycles. The summed E-state index contributed by atoms with van der Waals surface area (Å²) in [6.07, 6.45) is 0.907. The van der Waals surface area contributed by atoms with Crippen LogP contribution in [-0.2, 0) is 11.2 Å². The number of rotatable bonds is 4. The van der Waals surface area contributed by atoms with Crippen LogP contribution in [0.3, 0.4) is 0 Å². The van der Waals surface area contributed by atoms with Crippen LogP contribution in [-0.4, -0.2) is 11.7 Å². The van der Waals surface area contributed by atoms with Crippen LogP contribution >= 0.6 is 0 Å². The van der Waals surface area contributed by atoms with Crippen molar-refractivity contribution in [3.8, 4) is 0 Å². The normalized spacial score (nSPS) is 10.1. The molecular formula is C17H17NO2. The molecule has 2 aromatic rings. The topological polar surface area (TPSA) is 46.2 Å². The van der Waals surface area contributed by atoms with Gasteiger partial charge in [0, 0.05) is 11.3 Å². The molecule has 0 aliphatic heterocycles. The molecule has 0 aliphatic rings. The fraction of sp³-hybridized carbons (Fsp3) is 0.176. The van der Waals surface area contributed by atoms with Crippen LogP contribution in [0.5, 0.6) is 0 Å². The Morgan fingerprint density at radius 3 is 2.10 bits per heavy atom. The van der Waals surface area contributed by atoms with E-state index in [9.17, 15) is 9.59 Å². The molecule has 0 aliphatic carbocycles. The molecule has 1 amide bonds. The molecule has 3 heteroatoms. The summed E-state index contributed by atoms with van der Waals surface area (Å²) in [5.41, 5.74) is 3.27. The number of carbonyl (C=O) groups excluding carboxylic acids is 2. The molecule has 0 heterocycles. The maximum atomic E-state index is 12.0. The maximum absolute atomic E-state index is 12.0. The second-order valence-electron chi connectivity index (χ2n) is 4.70. The van der Waals surface area contributed by atoms with Gasteiger partial charge in [-0.2, -0.15) is 0 Å². The van der Waals surface area contributed by atoms with E-state index in [1.807, 2.05) is 38.1 Å². The van der Waals surface area contributed by atoms with Gasteiger partial charge in [-0.05, 0) is 31.0 Å². The molecule has 2 rings (SSSR count). The minimum Gasteiger partial charge on any atom is -0.319 e. The number of anilines is 1. The van der Waals surface area contributed by atoms with E-state index < -0.39 is 11.7 Å². The van der Waals surface area contributed by atoms with Gasteiger partial charge in [0.25, 0.3) is 11.7 Å². The molecule has 2 aromatic carbocycles. The molecule has 0 aromatic heterocycles. The largest absolute Gasteiger partial charge is 0.319 e. The number of benzene rings is 2. The van der Waals surface area contributed by atoms with Crippen LogP contribution in [0.1, 0.15) is 28.4 Å². The van der Waals surface area contributed by atoms with Gasteiger partial charge >= 0.3 is 0 Å². The lowest BCUT2D eigenvalue weighted by molar-refractivity contribution is -0.112. The Balaban J connectivity index is 2.07. The van der Waals surface area contributed by atoms with E-state index in [0.29, 0.717) is 11.3 Å². The number of aryl methyl sites for hydroxylation is 2. The van der Waals surface area contributed by atoms with Crippen molar-refractivity contribution in [1.29, 1.82) is 0 Å². The third-order valence-electron chi connectivity index (χ3n) is 3.14. The summed E-state index contributed by atoms with van der Waals surface area (Å²) < 4.78 is 0. The summed E-state index contributed by atoms with van der Waals surface area (Å²) in [6.45, 7) is 4.01. The van der Waals surface area contributed by atoms with E-state index in [2.05, 4.69) is 5.32 Å². The van der Waals surface area contributed by atoms with Crippen LogP contribution < -0.4 is 5.32 Å². The summed E-state index contributed by atoms with van der Waals surface area (Å²) in [7, 11) is 0. The van der Waals surface area contributed by atoms with Crippen LogP contribution in [0.25, 0.3) is 0 Å². The molecule has 0 spiro atoms. The zero-order valence-electron chi connectivity index (χ0n) is 11.6. The summed E-state index contributed by atoms with van der Waals surface area (Å²) in [5.74, 6) is -1.13. The average Bonchev–Trinajstić information content (AvgIpc) is 2.49. The minimum absolute atomic E-state index is 0.409. The lowest BCUT2D eigenvalue weighted by Crippen LogP contribution is -2.22. The minimum atomic E-state index is -0.613. The first-order valence-electron chi connectivity index (χ1n) is 6.61. The highest BCUT2D eigenvalue weighted by Crippen LogP contribution is 2.11. The second kappa shape index (κ2) is 6.15. The van der Waals surface area contributed by atoms with Crippen molar-refractivity contribution in [1.82, 2.24) is 0 Å². The van der Waals surface area contributed by atoms with Crippen molar-refractivity contribution >= 4 is 17.4 Å². The van der Waals surface area contributed by atoms with Crippen LogP contribution in [0, 0.1) is 6.92 Å². The molecule has 0 unspecified atom stereocenters. The molecule has 102 valence electrons. The van der Waals surface area contributed by atoms with Crippen molar-refractivity contribution < 1.29 is 9.59 Å². The number of ketones is 1. The van der Waals surface area contributed by atoms with Gasteiger partial charge in [-0.1, -0.05) is 48.9 Å². The van der Waals surface area contributed by atoms with E-state index in [1.54, 1.807) is 24.3 Å². The number of hydrogen-bond donors (Lipinski definition) is 1. The van der Waals surface area contributed by atoms with Gasteiger partial charge in [-0.25, -0.2) is 0 Å². The molecule has 1 N–H and O–H groups in total. The Morgan fingerprint density at radius 1 is 0.950 bits per heavy atom. The summed E-state index contributed by atoms with van der Waals surface area (Å²) in [6, 6.07) is 14.4. The first kappa shape index (κ1) is 14.0. The number of nitrogens with one attached hydrogen (secondary N) is 1. The lowest BCUT2D eigenvalue weighted by Gasteiger charge is -2.05. The Hall–Kier alpha value is -2.42. The van der Waals surface area contributed by atoms with Crippen molar-refractivity contribution in [3.63, 3.8) is 0 Å². The van der Waals surface area contributed by atoms with Gasteiger partial charge in [0.05, 0.1) is 0 Å². The van der Waals surface area contributed by atoms with E-state index in [0.717, 1.165) is 17.5 Å². The van der Waals surface area contributed by atoms with E-state index >= 15 is 0 Å². The quantitative estimate of drug-likeness (QED) is 0.682. The summed E-state index contributed by atoms with van der Waals surface area (Å²) >= 11 is 0. The molecule has 20 heavy (non-hydrogen) atoms. The lowest BCUT2D eigenvalue weighted by atomic mass is 10.1. The SMILES string of the molecule is CCc1ccc(C(=O)C(=O)Nc2ccc(C)cc2)cc1. The van der Waals surface area contributed by atoms with Gasteiger partial charge < -0.3 is 5.32 Å². The molecule has 0 atom stereocenters. The highest BCUT2D eigenvalue weighted by atomic mass is 16.2. The molecule has 0 bridgehead atoms. The average molecular weight is 267 g/mol. The number of Topliss-reactive ketones (excluding diaryl/α,β-unsaturated/α-hetero) is 1. The van der Waals surface area contributed by atoms with Crippen molar-refractivity contribution in [2.24, 2.45) is 0 Å². The van der Waals surface area contributed by atoms with Gasteiger partial charge in [0.2, 0.25) is 0 Å². The number of amides is 1. The fourth-order valence-electron chi connectivity index (χ4n) is 1.85. The summed E-state index contributed by atoms with van der Waals surface area (Å²) in [5, 5.41) is 2.61. The van der Waals surface area contributed by atoms with Crippen LogP contribution in [0.2, 0.25) is 0 Å². The van der Waals surface area contributed by atoms with Crippen LogP contribution in [0.4, 0.5) is 5.69 Å². The Kier molecular flexibility index (Phi) is 4.31. The Labute approximate surface area is 118 Å². The highest BCUT2D eigenvalue weighted by molar-refractivity contribution is 6.46. The van der Waals surface area contributed by atoms with Gasteiger partial charge in [-0.3, -0.25) is 9.59 Å². The van der Waals surface area contributed by atoms with Gasteiger partial charge in [0.15, 0.2) is 0 Å². The zero-order valence-corrected chi connectivity index (χ0v) is 11.6. The third kappa shape index (κ3) is 3.32. The smallest absolute Gasteiger partial charge is 0.296 e. The maximum Gasteiger partial charge on any atom is 0.296 e. The van der Waals surface area contributed by atoms with Gasteiger partial charge in [-0.15, -0.1) is 0 Å². The third-order valence-corrected chi connectivity index (χ3v) is 3.14. The van der Waals surface area contributed by atoms with Crippen molar-refractivity contribution in [2.45, 2.75) is 20.3 Å². The Morgan fingerprint density at radius 2 is 1.55 bits per heavy atom. The number of hydrogen-bond acceptors (Lipinski definition) is 2. The highest BCUT2D eigenvalue weighted by Gasteiger charge is 2.15. The molecule has 0 radical (unpaired) electrons. The second-order valence-corrected chi connectivity index (χ2v) is 4.70. The monoisotopic (exact) mass is 267 g/mol. The molecule has 3 nitrogen and oxygen atoms in total. The van der Waals surface area contributed by atoms with Crippen molar-refractivity contribution in [2.75, 3.05) is 5.32 Å². The van der Waals surface area contributed by atoms with E-state index in [1.165, 1.54) is 0 Å². The number of carbonyl (C=O) groups is 2. The van der Waals surface area contributed by atoms with Crippen LogP contribution in [0.15, 0.2) is 48.5 Å². The predicted molar refractivity (Wildman–Crippen MR) is 80.0 cm³/mol. The Bertz CT molecular complexity index is 612.